The molecule has 0 saturated heterocycles. The topological polar surface area (TPSA) is 17.1 Å². The standard InChI is InChI=1S/C20H32O/c1-7-14(2)8-10-16-15(3)9-11-17-19(4,5)18(21)12-13-20(16,17)6/h7-8,15-17H,1,9-13H2,2-6H3. The average Bonchev–Trinajstić information content (AvgIpc) is 2.42. The summed E-state index contributed by atoms with van der Waals surface area (Å²) < 4.78 is 0. The van der Waals surface area contributed by atoms with Gasteiger partial charge in [0.2, 0.25) is 0 Å². The number of ketones is 1. The van der Waals surface area contributed by atoms with Gasteiger partial charge in [-0.3, -0.25) is 4.79 Å². The second-order valence-corrected chi connectivity index (χ2v) is 8.25. The van der Waals surface area contributed by atoms with E-state index < -0.39 is 0 Å². The smallest absolute Gasteiger partial charge is 0.138 e. The Morgan fingerprint density at radius 1 is 1.33 bits per heavy atom. The zero-order valence-corrected chi connectivity index (χ0v) is 14.5. The third-order valence-electron chi connectivity index (χ3n) is 6.74. The van der Waals surface area contributed by atoms with Crippen LogP contribution in [0.1, 0.15) is 66.7 Å². The third kappa shape index (κ3) is 2.76. The minimum absolute atomic E-state index is 0.136. The second kappa shape index (κ2) is 5.74. The summed E-state index contributed by atoms with van der Waals surface area (Å²) in [6.07, 6.45) is 9.77. The van der Waals surface area contributed by atoms with Gasteiger partial charge in [-0.25, -0.2) is 0 Å². The van der Waals surface area contributed by atoms with E-state index in [1.54, 1.807) is 0 Å². The van der Waals surface area contributed by atoms with E-state index in [1.807, 2.05) is 6.08 Å². The summed E-state index contributed by atoms with van der Waals surface area (Å²) in [5.74, 6) is 2.48. The summed E-state index contributed by atoms with van der Waals surface area (Å²) >= 11 is 0. The maximum atomic E-state index is 12.4. The van der Waals surface area contributed by atoms with Crippen LogP contribution >= 0.6 is 0 Å². The van der Waals surface area contributed by atoms with Gasteiger partial charge < -0.3 is 0 Å². The highest BCUT2D eigenvalue weighted by molar-refractivity contribution is 5.85. The number of allylic oxidation sites excluding steroid dienone is 3. The van der Waals surface area contributed by atoms with E-state index >= 15 is 0 Å². The molecule has 2 rings (SSSR count). The molecule has 0 N–H and O–H groups in total. The first kappa shape index (κ1) is 16.5. The van der Waals surface area contributed by atoms with Crippen LogP contribution in [0.15, 0.2) is 24.3 Å². The van der Waals surface area contributed by atoms with Crippen LogP contribution in [0.4, 0.5) is 0 Å². The van der Waals surface area contributed by atoms with Gasteiger partial charge in [0.15, 0.2) is 0 Å². The molecule has 4 unspecified atom stereocenters. The Balaban J connectivity index is 2.31. The lowest BCUT2D eigenvalue weighted by molar-refractivity contribution is -0.150. The van der Waals surface area contributed by atoms with E-state index in [2.05, 4.69) is 47.3 Å². The summed E-state index contributed by atoms with van der Waals surface area (Å²) in [7, 11) is 0. The summed E-state index contributed by atoms with van der Waals surface area (Å²) in [6.45, 7) is 15.2. The predicted molar refractivity (Wildman–Crippen MR) is 90.1 cm³/mol. The van der Waals surface area contributed by atoms with Crippen molar-refractivity contribution >= 4 is 5.78 Å². The van der Waals surface area contributed by atoms with E-state index in [4.69, 9.17) is 0 Å². The van der Waals surface area contributed by atoms with E-state index in [0.717, 1.165) is 25.2 Å². The molecule has 2 fully saturated rings. The largest absolute Gasteiger partial charge is 0.299 e. The van der Waals surface area contributed by atoms with Crippen molar-refractivity contribution in [3.05, 3.63) is 24.3 Å². The number of hydrogen-bond acceptors (Lipinski definition) is 1. The van der Waals surface area contributed by atoms with Gasteiger partial charge >= 0.3 is 0 Å². The lowest BCUT2D eigenvalue weighted by Gasteiger charge is -2.58. The van der Waals surface area contributed by atoms with Crippen molar-refractivity contribution < 1.29 is 4.79 Å². The number of hydrogen-bond donors (Lipinski definition) is 0. The van der Waals surface area contributed by atoms with E-state index in [9.17, 15) is 4.79 Å². The summed E-state index contributed by atoms with van der Waals surface area (Å²) in [4.78, 5) is 12.4. The summed E-state index contributed by atoms with van der Waals surface area (Å²) in [6, 6.07) is 0. The van der Waals surface area contributed by atoms with E-state index in [0.29, 0.717) is 23.0 Å². The quantitative estimate of drug-likeness (QED) is 0.621. The first-order chi connectivity index (χ1) is 9.73. The van der Waals surface area contributed by atoms with Crippen LogP contribution in [0.25, 0.3) is 0 Å². The van der Waals surface area contributed by atoms with Crippen molar-refractivity contribution in [3.63, 3.8) is 0 Å². The number of carbonyl (C=O) groups excluding carboxylic acids is 1. The van der Waals surface area contributed by atoms with Gasteiger partial charge in [-0.2, -0.15) is 0 Å². The fourth-order valence-corrected chi connectivity index (χ4v) is 5.21. The zero-order chi connectivity index (χ0) is 15.8. The van der Waals surface area contributed by atoms with Gasteiger partial charge in [-0.1, -0.05) is 58.4 Å². The molecule has 0 aromatic carbocycles. The van der Waals surface area contributed by atoms with Crippen LogP contribution < -0.4 is 0 Å². The zero-order valence-electron chi connectivity index (χ0n) is 14.5. The van der Waals surface area contributed by atoms with Crippen molar-refractivity contribution in [2.24, 2.45) is 28.6 Å². The molecule has 1 heteroatoms. The highest BCUT2D eigenvalue weighted by atomic mass is 16.1. The van der Waals surface area contributed by atoms with Gasteiger partial charge in [0.25, 0.3) is 0 Å². The third-order valence-corrected chi connectivity index (χ3v) is 6.74. The van der Waals surface area contributed by atoms with Gasteiger partial charge in [-0.05, 0) is 49.4 Å². The molecule has 0 radical (unpaired) electrons. The lowest BCUT2D eigenvalue weighted by Crippen LogP contribution is -2.54. The van der Waals surface area contributed by atoms with E-state index in [-0.39, 0.29) is 5.41 Å². The molecule has 2 aliphatic rings. The average molecular weight is 288 g/mol. The van der Waals surface area contributed by atoms with Gasteiger partial charge in [0.1, 0.15) is 5.78 Å². The van der Waals surface area contributed by atoms with Crippen LogP contribution in [0.2, 0.25) is 0 Å². The van der Waals surface area contributed by atoms with Gasteiger partial charge in [0.05, 0.1) is 0 Å². The molecular formula is C20H32O. The van der Waals surface area contributed by atoms with Crippen molar-refractivity contribution in [3.8, 4) is 0 Å². The molecule has 0 aromatic rings. The molecule has 0 spiro atoms. The van der Waals surface area contributed by atoms with Crippen LogP contribution in [0, 0.1) is 28.6 Å². The van der Waals surface area contributed by atoms with Crippen molar-refractivity contribution in [2.75, 3.05) is 0 Å². The Bertz CT molecular complexity index is 456. The molecule has 0 aromatic heterocycles. The van der Waals surface area contributed by atoms with Crippen molar-refractivity contribution in [1.29, 1.82) is 0 Å². The highest BCUT2D eigenvalue weighted by Gasteiger charge is 2.56. The highest BCUT2D eigenvalue weighted by Crippen LogP contribution is 2.60. The van der Waals surface area contributed by atoms with Crippen molar-refractivity contribution in [2.45, 2.75) is 66.7 Å². The Hall–Kier alpha value is -0.850. The summed E-state index contributed by atoms with van der Waals surface area (Å²) in [5.41, 5.74) is 1.45. The van der Waals surface area contributed by atoms with Crippen LogP contribution in [-0.4, -0.2) is 5.78 Å². The first-order valence-corrected chi connectivity index (χ1v) is 8.56. The number of fused-ring (bicyclic) bond motifs is 1. The minimum atomic E-state index is -0.136. The Labute approximate surface area is 130 Å². The van der Waals surface area contributed by atoms with Gasteiger partial charge in [0, 0.05) is 11.8 Å². The molecule has 1 nitrogen and oxygen atoms in total. The molecule has 21 heavy (non-hydrogen) atoms. The molecule has 118 valence electrons. The fraction of sp³-hybridized carbons (Fsp3) is 0.750. The number of carbonyl (C=O) groups is 1. The molecule has 0 amide bonds. The van der Waals surface area contributed by atoms with E-state index in [1.165, 1.54) is 18.4 Å². The number of rotatable bonds is 3. The molecule has 4 atom stereocenters. The molecule has 0 aliphatic heterocycles. The fourth-order valence-electron chi connectivity index (χ4n) is 5.21. The maximum Gasteiger partial charge on any atom is 0.138 e. The Morgan fingerprint density at radius 2 is 2.00 bits per heavy atom. The molecular weight excluding hydrogens is 256 g/mol. The van der Waals surface area contributed by atoms with Crippen LogP contribution in [0.5, 0.6) is 0 Å². The molecule has 2 saturated carbocycles. The number of Topliss-reactive ketones (excluding diaryl/α,β-unsaturated/α-hetero) is 1. The Morgan fingerprint density at radius 3 is 2.62 bits per heavy atom. The lowest BCUT2D eigenvalue weighted by atomic mass is 9.46. The monoisotopic (exact) mass is 288 g/mol. The van der Waals surface area contributed by atoms with Crippen molar-refractivity contribution in [1.82, 2.24) is 0 Å². The van der Waals surface area contributed by atoms with Gasteiger partial charge in [-0.15, -0.1) is 0 Å². The maximum absolute atomic E-state index is 12.4. The summed E-state index contributed by atoms with van der Waals surface area (Å²) in [5, 5.41) is 0. The minimum Gasteiger partial charge on any atom is -0.299 e. The molecule has 0 bridgehead atoms. The second-order valence-electron chi connectivity index (χ2n) is 8.25. The SMILES string of the molecule is C=CC(C)=CCC1C(C)CCC2C(C)(C)C(=O)CCC12C. The van der Waals surface area contributed by atoms with Crippen LogP contribution in [0.3, 0.4) is 0 Å². The normalized spacial score (nSPS) is 39.8. The Kier molecular flexibility index (Phi) is 4.52. The molecule has 0 heterocycles. The molecule has 2 aliphatic carbocycles. The first-order valence-electron chi connectivity index (χ1n) is 8.56. The van der Waals surface area contributed by atoms with Crippen LogP contribution in [-0.2, 0) is 4.79 Å². The predicted octanol–water partition coefficient (Wildman–Crippen LogP) is 5.57.